The molecule has 0 saturated heterocycles. The van der Waals surface area contributed by atoms with Crippen LogP contribution < -0.4 is 5.32 Å². The van der Waals surface area contributed by atoms with Crippen LogP contribution in [-0.2, 0) is 4.74 Å². The first-order chi connectivity index (χ1) is 8.20. The third kappa shape index (κ3) is 5.84. The van der Waals surface area contributed by atoms with Crippen LogP contribution in [0.15, 0.2) is 0 Å². The highest BCUT2D eigenvalue weighted by Gasteiger charge is 2.31. The molecule has 0 aliphatic heterocycles. The van der Waals surface area contributed by atoms with Crippen molar-refractivity contribution >= 4 is 0 Å². The number of ether oxygens (including phenoxy) is 1. The van der Waals surface area contributed by atoms with Gasteiger partial charge in [0.05, 0.1) is 12.2 Å². The van der Waals surface area contributed by atoms with E-state index in [1.807, 2.05) is 0 Å². The average molecular weight is 243 g/mol. The second-order valence-electron chi connectivity index (χ2n) is 5.37. The van der Waals surface area contributed by atoms with Crippen molar-refractivity contribution in [3.63, 3.8) is 0 Å². The lowest BCUT2D eigenvalue weighted by Crippen LogP contribution is -2.44. The quantitative estimate of drug-likeness (QED) is 0.643. The molecule has 2 N–H and O–H groups in total. The number of aliphatic hydroxyl groups is 1. The Balaban J connectivity index is 2.06. The Labute approximate surface area is 106 Å². The minimum Gasteiger partial charge on any atom is -0.389 e. The number of hydrogen-bond acceptors (Lipinski definition) is 3. The molecule has 0 aromatic heterocycles. The maximum atomic E-state index is 10.4. The second-order valence-corrected chi connectivity index (χ2v) is 5.37. The Bertz CT molecular complexity index is 189. The zero-order valence-electron chi connectivity index (χ0n) is 11.5. The molecule has 1 saturated carbocycles. The van der Waals surface area contributed by atoms with Gasteiger partial charge in [0.1, 0.15) is 0 Å². The minimum atomic E-state index is -0.462. The molecule has 0 spiro atoms. The molecule has 1 aliphatic carbocycles. The molecular weight excluding hydrogens is 214 g/mol. The molecule has 3 nitrogen and oxygen atoms in total. The molecule has 1 fully saturated rings. The Kier molecular flexibility index (Phi) is 7.09. The Morgan fingerprint density at radius 2 is 1.94 bits per heavy atom. The molecule has 3 heteroatoms. The standard InChI is InChI=1S/C14H29NO2/c1-3-10-17-11-9-15-12-14(16)7-5-13(4-2)6-8-14/h13,15-16H,3-12H2,1-2H3. The van der Waals surface area contributed by atoms with Gasteiger partial charge in [-0.2, -0.15) is 0 Å². The third-order valence-corrected chi connectivity index (χ3v) is 3.84. The fraction of sp³-hybridized carbons (Fsp3) is 1.00. The van der Waals surface area contributed by atoms with E-state index in [0.717, 1.165) is 51.5 Å². The number of hydrogen-bond donors (Lipinski definition) is 2. The van der Waals surface area contributed by atoms with E-state index in [1.54, 1.807) is 0 Å². The van der Waals surface area contributed by atoms with E-state index >= 15 is 0 Å². The van der Waals surface area contributed by atoms with Crippen molar-refractivity contribution in [1.82, 2.24) is 5.32 Å². The summed E-state index contributed by atoms with van der Waals surface area (Å²) in [5, 5.41) is 13.7. The Morgan fingerprint density at radius 3 is 2.53 bits per heavy atom. The Morgan fingerprint density at radius 1 is 1.24 bits per heavy atom. The molecular formula is C14H29NO2. The van der Waals surface area contributed by atoms with Gasteiger partial charge in [0.25, 0.3) is 0 Å². The molecule has 0 radical (unpaired) electrons. The van der Waals surface area contributed by atoms with Gasteiger partial charge in [0.15, 0.2) is 0 Å². The van der Waals surface area contributed by atoms with Crippen LogP contribution in [0, 0.1) is 5.92 Å². The number of rotatable bonds is 8. The van der Waals surface area contributed by atoms with Crippen LogP contribution >= 0.6 is 0 Å². The van der Waals surface area contributed by atoms with E-state index in [9.17, 15) is 5.11 Å². The molecule has 0 bridgehead atoms. The van der Waals surface area contributed by atoms with Crippen LogP contribution in [0.1, 0.15) is 52.4 Å². The van der Waals surface area contributed by atoms with Crippen molar-refractivity contribution in [1.29, 1.82) is 0 Å². The van der Waals surface area contributed by atoms with Crippen molar-refractivity contribution in [3.8, 4) is 0 Å². The van der Waals surface area contributed by atoms with Crippen LogP contribution in [0.5, 0.6) is 0 Å². The average Bonchev–Trinajstić information content (AvgIpc) is 2.35. The smallest absolute Gasteiger partial charge is 0.0771 e. The summed E-state index contributed by atoms with van der Waals surface area (Å²) in [4.78, 5) is 0. The van der Waals surface area contributed by atoms with Crippen molar-refractivity contribution in [2.75, 3.05) is 26.3 Å². The summed E-state index contributed by atoms with van der Waals surface area (Å²) < 4.78 is 5.40. The van der Waals surface area contributed by atoms with E-state index in [0.29, 0.717) is 0 Å². The van der Waals surface area contributed by atoms with Gasteiger partial charge >= 0.3 is 0 Å². The molecule has 0 aromatic rings. The van der Waals surface area contributed by atoms with Crippen LogP contribution in [0.4, 0.5) is 0 Å². The Hall–Kier alpha value is -0.120. The number of nitrogens with one attached hydrogen (secondary N) is 1. The SMILES string of the molecule is CCCOCCNCC1(O)CCC(CC)CC1. The first kappa shape index (κ1) is 14.9. The van der Waals surface area contributed by atoms with E-state index in [1.165, 1.54) is 19.3 Å². The first-order valence-corrected chi connectivity index (χ1v) is 7.21. The lowest BCUT2D eigenvalue weighted by Gasteiger charge is -2.36. The van der Waals surface area contributed by atoms with Crippen LogP contribution in [0.25, 0.3) is 0 Å². The summed E-state index contributed by atoms with van der Waals surface area (Å²) >= 11 is 0. The molecule has 17 heavy (non-hydrogen) atoms. The summed E-state index contributed by atoms with van der Waals surface area (Å²) in [5.74, 6) is 0.836. The second kappa shape index (κ2) is 8.06. The van der Waals surface area contributed by atoms with Gasteiger partial charge in [-0.1, -0.05) is 20.3 Å². The summed E-state index contributed by atoms with van der Waals surface area (Å²) in [6.45, 7) is 7.52. The topological polar surface area (TPSA) is 41.5 Å². The van der Waals surface area contributed by atoms with Gasteiger partial charge in [-0.3, -0.25) is 0 Å². The van der Waals surface area contributed by atoms with E-state index in [4.69, 9.17) is 4.74 Å². The van der Waals surface area contributed by atoms with Crippen LogP contribution in [-0.4, -0.2) is 37.0 Å². The van der Waals surface area contributed by atoms with Crippen molar-refractivity contribution in [2.24, 2.45) is 5.92 Å². The molecule has 1 aliphatic rings. The molecule has 0 amide bonds. The van der Waals surface area contributed by atoms with Gasteiger partial charge in [-0.05, 0) is 38.0 Å². The van der Waals surface area contributed by atoms with E-state index in [-0.39, 0.29) is 0 Å². The van der Waals surface area contributed by atoms with Gasteiger partial charge in [0, 0.05) is 19.7 Å². The van der Waals surface area contributed by atoms with Crippen molar-refractivity contribution < 1.29 is 9.84 Å². The molecule has 102 valence electrons. The predicted octanol–water partition coefficient (Wildman–Crippen LogP) is 2.33. The van der Waals surface area contributed by atoms with Crippen LogP contribution in [0.3, 0.4) is 0 Å². The normalized spacial score (nSPS) is 29.5. The molecule has 1 rings (SSSR count). The summed E-state index contributed by atoms with van der Waals surface area (Å²) in [7, 11) is 0. The first-order valence-electron chi connectivity index (χ1n) is 7.21. The lowest BCUT2D eigenvalue weighted by atomic mass is 9.78. The van der Waals surface area contributed by atoms with Crippen molar-refractivity contribution in [3.05, 3.63) is 0 Å². The van der Waals surface area contributed by atoms with Gasteiger partial charge < -0.3 is 15.2 Å². The molecule has 0 heterocycles. The van der Waals surface area contributed by atoms with E-state index in [2.05, 4.69) is 19.2 Å². The summed E-state index contributed by atoms with van der Waals surface area (Å²) in [6, 6.07) is 0. The molecule has 0 atom stereocenters. The summed E-state index contributed by atoms with van der Waals surface area (Å²) in [5.41, 5.74) is -0.462. The predicted molar refractivity (Wildman–Crippen MR) is 71.2 cm³/mol. The lowest BCUT2D eigenvalue weighted by molar-refractivity contribution is -0.00976. The highest BCUT2D eigenvalue weighted by Crippen LogP contribution is 2.33. The maximum Gasteiger partial charge on any atom is 0.0771 e. The zero-order chi connectivity index (χ0) is 12.6. The maximum absolute atomic E-state index is 10.4. The van der Waals surface area contributed by atoms with E-state index < -0.39 is 5.60 Å². The zero-order valence-corrected chi connectivity index (χ0v) is 11.5. The van der Waals surface area contributed by atoms with Gasteiger partial charge in [0.2, 0.25) is 0 Å². The molecule has 0 unspecified atom stereocenters. The minimum absolute atomic E-state index is 0.462. The van der Waals surface area contributed by atoms with Crippen LogP contribution in [0.2, 0.25) is 0 Å². The summed E-state index contributed by atoms with van der Waals surface area (Å²) in [6.07, 6.45) is 6.60. The fourth-order valence-electron chi connectivity index (χ4n) is 2.51. The monoisotopic (exact) mass is 243 g/mol. The van der Waals surface area contributed by atoms with Crippen molar-refractivity contribution in [2.45, 2.75) is 58.0 Å². The molecule has 0 aromatic carbocycles. The van der Waals surface area contributed by atoms with Gasteiger partial charge in [-0.15, -0.1) is 0 Å². The fourth-order valence-corrected chi connectivity index (χ4v) is 2.51. The van der Waals surface area contributed by atoms with Gasteiger partial charge in [-0.25, -0.2) is 0 Å². The highest BCUT2D eigenvalue weighted by molar-refractivity contribution is 4.86. The third-order valence-electron chi connectivity index (χ3n) is 3.84. The highest BCUT2D eigenvalue weighted by atomic mass is 16.5. The largest absolute Gasteiger partial charge is 0.389 e.